The molecule has 2 N–H and O–H groups in total. The Morgan fingerprint density at radius 2 is 1.83 bits per heavy atom. The summed E-state index contributed by atoms with van der Waals surface area (Å²) in [6.07, 6.45) is 1.37. The van der Waals surface area contributed by atoms with Gasteiger partial charge in [0, 0.05) is 19.2 Å². The number of carboxylic acid groups (broad SMARTS) is 1. The van der Waals surface area contributed by atoms with Gasteiger partial charge >= 0.3 is 5.97 Å². The topological polar surface area (TPSA) is 103 Å². The van der Waals surface area contributed by atoms with Crippen LogP contribution in [0.1, 0.15) is 30.0 Å². The maximum absolute atomic E-state index is 13.0. The van der Waals surface area contributed by atoms with Crippen LogP contribution in [-0.2, 0) is 9.59 Å². The highest BCUT2D eigenvalue weighted by molar-refractivity contribution is 7.80. The number of hydrogen-bond acceptors (Lipinski definition) is 6. The van der Waals surface area contributed by atoms with Gasteiger partial charge in [0.05, 0.1) is 11.3 Å². The van der Waals surface area contributed by atoms with Crippen LogP contribution in [-0.4, -0.2) is 41.1 Å². The van der Waals surface area contributed by atoms with Crippen LogP contribution in [0.3, 0.4) is 0 Å². The Kier molecular flexibility index (Phi) is 5.79. The number of rotatable bonds is 6. The van der Waals surface area contributed by atoms with E-state index < -0.39 is 17.8 Å². The van der Waals surface area contributed by atoms with Crippen molar-refractivity contribution in [2.75, 3.05) is 22.9 Å². The third kappa shape index (κ3) is 4.04. The summed E-state index contributed by atoms with van der Waals surface area (Å²) in [6.45, 7) is 5.51. The Hall–Kier alpha value is -3.46. The number of anilines is 2. The second-order valence-corrected chi connectivity index (χ2v) is 6.54. The van der Waals surface area contributed by atoms with Gasteiger partial charge in [0.1, 0.15) is 11.3 Å². The summed E-state index contributed by atoms with van der Waals surface area (Å²) >= 11 is 5.13. The maximum Gasteiger partial charge on any atom is 0.335 e. The molecule has 0 atom stereocenters. The Morgan fingerprint density at radius 3 is 2.41 bits per heavy atom. The van der Waals surface area contributed by atoms with Crippen molar-refractivity contribution in [3.8, 4) is 0 Å². The van der Waals surface area contributed by atoms with Crippen LogP contribution < -0.4 is 15.1 Å². The van der Waals surface area contributed by atoms with E-state index >= 15 is 0 Å². The first kappa shape index (κ1) is 20.3. The summed E-state index contributed by atoms with van der Waals surface area (Å²) in [5, 5.41) is 11.4. The molecule has 1 aliphatic rings. The number of thiocarbonyl (C=S) groups is 1. The van der Waals surface area contributed by atoms with E-state index in [4.69, 9.17) is 21.7 Å². The second kappa shape index (κ2) is 8.27. The van der Waals surface area contributed by atoms with Crippen LogP contribution in [0.2, 0.25) is 0 Å². The summed E-state index contributed by atoms with van der Waals surface area (Å²) in [5.41, 5.74) is 0.281. The summed E-state index contributed by atoms with van der Waals surface area (Å²) in [6, 6.07) is 9.08. The van der Waals surface area contributed by atoms with Crippen LogP contribution in [0.15, 0.2) is 46.4 Å². The molecule has 1 saturated heterocycles. The van der Waals surface area contributed by atoms with E-state index in [1.165, 1.54) is 30.3 Å². The number of furan rings is 1. The lowest BCUT2D eigenvalue weighted by Crippen LogP contribution is -2.54. The molecule has 0 bridgehead atoms. The molecule has 2 heterocycles. The molecule has 9 heteroatoms. The molecule has 2 amide bonds. The lowest BCUT2D eigenvalue weighted by atomic mass is 10.1. The molecule has 1 aromatic heterocycles. The fraction of sp³-hybridized carbons (Fsp3) is 0.200. The molecule has 0 radical (unpaired) electrons. The van der Waals surface area contributed by atoms with Crippen molar-refractivity contribution in [1.82, 2.24) is 5.32 Å². The first-order chi connectivity index (χ1) is 13.8. The molecule has 0 spiro atoms. The molecule has 29 heavy (non-hydrogen) atoms. The minimum Gasteiger partial charge on any atom is -0.478 e. The van der Waals surface area contributed by atoms with Crippen LogP contribution in [0.25, 0.3) is 6.08 Å². The highest BCUT2D eigenvalue weighted by Crippen LogP contribution is 2.25. The summed E-state index contributed by atoms with van der Waals surface area (Å²) < 4.78 is 5.74. The molecule has 1 fully saturated rings. The standard InChI is InChI=1S/C20H19N3O5S/c1-3-22(4-2)16-10-9-14(28-16)11-15-17(24)21-20(29)23(18(15)25)13-7-5-12(6-8-13)19(26)27/h5-11H,3-4H2,1-2H3,(H,26,27)(H,21,24,29)/b15-11+. The molecule has 150 valence electrons. The lowest BCUT2D eigenvalue weighted by molar-refractivity contribution is -0.122. The number of aromatic carboxylic acids is 1. The number of hydrogen-bond donors (Lipinski definition) is 2. The Morgan fingerprint density at radius 1 is 1.17 bits per heavy atom. The quantitative estimate of drug-likeness (QED) is 0.426. The van der Waals surface area contributed by atoms with Gasteiger partial charge in [-0.3, -0.25) is 19.8 Å². The Balaban J connectivity index is 1.92. The number of benzene rings is 1. The number of amides is 2. The molecule has 1 aromatic carbocycles. The van der Waals surface area contributed by atoms with Crippen molar-refractivity contribution in [2.24, 2.45) is 0 Å². The molecule has 1 aliphatic heterocycles. The number of carbonyl (C=O) groups excluding carboxylic acids is 2. The predicted octanol–water partition coefficient (Wildman–Crippen LogP) is 2.66. The number of carboxylic acids is 1. The first-order valence-electron chi connectivity index (χ1n) is 8.95. The van der Waals surface area contributed by atoms with Crippen LogP contribution in [0.4, 0.5) is 11.6 Å². The molecule has 2 aromatic rings. The predicted molar refractivity (Wildman–Crippen MR) is 112 cm³/mol. The van der Waals surface area contributed by atoms with Gasteiger partial charge in [-0.05, 0) is 62.5 Å². The average molecular weight is 413 g/mol. The van der Waals surface area contributed by atoms with Gasteiger partial charge in [0.2, 0.25) is 0 Å². The van der Waals surface area contributed by atoms with Crippen LogP contribution >= 0.6 is 12.2 Å². The van der Waals surface area contributed by atoms with Crippen molar-refractivity contribution < 1.29 is 23.9 Å². The van der Waals surface area contributed by atoms with Crippen molar-refractivity contribution >= 4 is 52.8 Å². The largest absolute Gasteiger partial charge is 0.478 e. The molecular weight excluding hydrogens is 394 g/mol. The smallest absolute Gasteiger partial charge is 0.335 e. The number of carbonyl (C=O) groups is 3. The molecule has 0 aliphatic carbocycles. The third-order valence-corrected chi connectivity index (χ3v) is 4.73. The van der Waals surface area contributed by atoms with Gasteiger partial charge in [-0.1, -0.05) is 0 Å². The minimum absolute atomic E-state index is 0.0726. The van der Waals surface area contributed by atoms with E-state index in [9.17, 15) is 14.4 Å². The van der Waals surface area contributed by atoms with E-state index in [1.807, 2.05) is 18.7 Å². The first-order valence-corrected chi connectivity index (χ1v) is 9.36. The molecule has 0 unspecified atom stereocenters. The van der Waals surface area contributed by atoms with Gasteiger partial charge in [-0.2, -0.15) is 0 Å². The summed E-state index contributed by atoms with van der Waals surface area (Å²) in [4.78, 5) is 39.5. The monoisotopic (exact) mass is 413 g/mol. The van der Waals surface area contributed by atoms with Crippen molar-refractivity contribution in [2.45, 2.75) is 13.8 Å². The van der Waals surface area contributed by atoms with Gasteiger partial charge in [-0.15, -0.1) is 0 Å². The third-order valence-electron chi connectivity index (χ3n) is 4.45. The zero-order valence-electron chi connectivity index (χ0n) is 15.8. The number of nitrogens with zero attached hydrogens (tertiary/aromatic N) is 2. The highest BCUT2D eigenvalue weighted by atomic mass is 32.1. The zero-order valence-corrected chi connectivity index (χ0v) is 16.7. The van der Waals surface area contributed by atoms with Crippen molar-refractivity contribution in [3.05, 3.63) is 53.3 Å². The minimum atomic E-state index is -1.08. The Bertz CT molecular complexity index is 1010. The van der Waals surface area contributed by atoms with E-state index in [1.54, 1.807) is 12.1 Å². The van der Waals surface area contributed by atoms with Gasteiger partial charge in [0.25, 0.3) is 11.8 Å². The fourth-order valence-corrected chi connectivity index (χ4v) is 3.19. The van der Waals surface area contributed by atoms with Gasteiger partial charge in [0.15, 0.2) is 11.0 Å². The average Bonchev–Trinajstić information content (AvgIpc) is 3.15. The molecule has 0 saturated carbocycles. The molecule has 3 rings (SSSR count). The molecular formula is C20H19N3O5S. The van der Waals surface area contributed by atoms with E-state index in [2.05, 4.69) is 5.32 Å². The maximum atomic E-state index is 13.0. The zero-order chi connectivity index (χ0) is 21.1. The highest BCUT2D eigenvalue weighted by Gasteiger charge is 2.34. The summed E-state index contributed by atoms with van der Waals surface area (Å²) in [7, 11) is 0. The van der Waals surface area contributed by atoms with Crippen LogP contribution in [0, 0.1) is 0 Å². The van der Waals surface area contributed by atoms with Gasteiger partial charge < -0.3 is 14.4 Å². The number of nitrogens with one attached hydrogen (secondary N) is 1. The Labute approximate surface area is 172 Å². The van der Waals surface area contributed by atoms with E-state index in [0.717, 1.165) is 18.0 Å². The van der Waals surface area contributed by atoms with E-state index in [0.29, 0.717) is 17.3 Å². The SMILES string of the molecule is CCN(CC)c1ccc(/C=C2\C(=O)NC(=S)N(c3ccc(C(=O)O)cc3)C2=O)o1. The van der Waals surface area contributed by atoms with Crippen molar-refractivity contribution in [1.29, 1.82) is 0 Å². The van der Waals surface area contributed by atoms with E-state index in [-0.39, 0.29) is 16.2 Å². The normalized spacial score (nSPS) is 15.6. The molecule has 8 nitrogen and oxygen atoms in total. The van der Waals surface area contributed by atoms with Crippen LogP contribution in [0.5, 0.6) is 0 Å². The lowest BCUT2D eigenvalue weighted by Gasteiger charge is -2.28. The fourth-order valence-electron chi connectivity index (χ4n) is 2.91. The second-order valence-electron chi connectivity index (χ2n) is 6.16. The summed E-state index contributed by atoms with van der Waals surface area (Å²) in [5.74, 6) is -1.33. The van der Waals surface area contributed by atoms with Gasteiger partial charge in [-0.25, -0.2) is 4.79 Å². The van der Waals surface area contributed by atoms with Crippen molar-refractivity contribution in [3.63, 3.8) is 0 Å².